The third kappa shape index (κ3) is 5.93. The number of rotatable bonds is 8. The van der Waals surface area contributed by atoms with Gasteiger partial charge in [-0.3, -0.25) is 4.79 Å². The fourth-order valence-corrected chi connectivity index (χ4v) is 4.70. The second kappa shape index (κ2) is 10.2. The molecule has 0 aliphatic rings. The molecular formula is C24H21N3O2S2. The smallest absolute Gasteiger partial charge is 0.250 e. The Hall–Kier alpha value is -3.16. The number of hydrazone groups is 1. The lowest BCUT2D eigenvalue weighted by atomic mass is 10.1. The largest absolute Gasteiger partial charge is 0.489 e. The molecule has 0 radical (unpaired) electrons. The molecule has 31 heavy (non-hydrogen) atoms. The Morgan fingerprint density at radius 2 is 1.87 bits per heavy atom. The second-order valence-corrected chi connectivity index (χ2v) is 9.07. The lowest BCUT2D eigenvalue weighted by molar-refractivity contribution is -0.118. The van der Waals surface area contributed by atoms with Crippen LogP contribution in [0.15, 0.2) is 82.2 Å². The highest BCUT2D eigenvalue weighted by molar-refractivity contribution is 8.01. The van der Waals surface area contributed by atoms with Crippen LogP contribution in [0.3, 0.4) is 0 Å². The van der Waals surface area contributed by atoms with Gasteiger partial charge in [0, 0.05) is 0 Å². The average Bonchev–Trinajstić information content (AvgIpc) is 3.21. The minimum atomic E-state index is -0.168. The third-order valence-electron chi connectivity index (χ3n) is 4.54. The van der Waals surface area contributed by atoms with Crippen molar-refractivity contribution in [3.05, 3.63) is 89.5 Å². The molecule has 5 nitrogen and oxygen atoms in total. The van der Waals surface area contributed by atoms with Gasteiger partial charge in [0.2, 0.25) is 0 Å². The number of ether oxygens (including phenoxy) is 1. The standard InChI is InChI=1S/C24H21N3O2S2/c1-17-6-2-3-7-19(17)15-29-20-12-10-18(11-13-20)14-25-27-23(28)16-30-24-26-21-8-4-5-9-22(21)31-24/h2-14H,15-16H2,1H3,(H,27,28). The Labute approximate surface area is 189 Å². The summed E-state index contributed by atoms with van der Waals surface area (Å²) in [6.45, 7) is 2.60. The predicted octanol–water partition coefficient (Wildman–Crippen LogP) is 5.43. The first-order chi connectivity index (χ1) is 15.2. The van der Waals surface area contributed by atoms with Gasteiger partial charge >= 0.3 is 0 Å². The molecule has 4 aromatic rings. The van der Waals surface area contributed by atoms with Gasteiger partial charge in [-0.1, -0.05) is 48.2 Å². The summed E-state index contributed by atoms with van der Waals surface area (Å²) in [4.78, 5) is 16.5. The first-order valence-corrected chi connectivity index (χ1v) is 11.6. The second-order valence-electron chi connectivity index (χ2n) is 6.81. The number of nitrogens with one attached hydrogen (secondary N) is 1. The maximum absolute atomic E-state index is 12.0. The van der Waals surface area contributed by atoms with Crippen molar-refractivity contribution in [1.29, 1.82) is 0 Å². The SMILES string of the molecule is Cc1ccccc1COc1ccc(C=NNC(=O)CSc2nc3ccccc3s2)cc1. The number of carbonyl (C=O) groups excluding carboxylic acids is 1. The van der Waals surface area contributed by atoms with Gasteiger partial charge in [-0.15, -0.1) is 11.3 Å². The summed E-state index contributed by atoms with van der Waals surface area (Å²) in [5, 5.41) is 4.04. The summed E-state index contributed by atoms with van der Waals surface area (Å²) in [6, 6.07) is 23.7. The van der Waals surface area contributed by atoms with Crippen LogP contribution in [0.4, 0.5) is 0 Å². The van der Waals surface area contributed by atoms with Gasteiger partial charge in [0.25, 0.3) is 5.91 Å². The highest BCUT2D eigenvalue weighted by atomic mass is 32.2. The van der Waals surface area contributed by atoms with E-state index in [1.807, 2.05) is 60.7 Å². The summed E-state index contributed by atoms with van der Waals surface area (Å²) in [5.41, 5.74) is 6.77. The Morgan fingerprint density at radius 3 is 2.68 bits per heavy atom. The molecule has 156 valence electrons. The van der Waals surface area contributed by atoms with E-state index in [2.05, 4.69) is 34.6 Å². The summed E-state index contributed by atoms with van der Waals surface area (Å²) in [5.74, 6) is 0.887. The molecule has 0 atom stereocenters. The molecule has 0 fully saturated rings. The zero-order valence-electron chi connectivity index (χ0n) is 16.9. The van der Waals surface area contributed by atoms with Crippen molar-refractivity contribution >= 4 is 45.4 Å². The summed E-state index contributed by atoms with van der Waals surface area (Å²) in [7, 11) is 0. The van der Waals surface area contributed by atoms with Crippen molar-refractivity contribution < 1.29 is 9.53 Å². The topological polar surface area (TPSA) is 63.6 Å². The number of thioether (sulfide) groups is 1. The molecular weight excluding hydrogens is 426 g/mol. The molecule has 3 aromatic carbocycles. The quantitative estimate of drug-likeness (QED) is 0.222. The van der Waals surface area contributed by atoms with Crippen LogP contribution >= 0.6 is 23.1 Å². The Morgan fingerprint density at radius 1 is 1.10 bits per heavy atom. The summed E-state index contributed by atoms with van der Waals surface area (Å²) < 4.78 is 7.84. The van der Waals surface area contributed by atoms with Crippen LogP contribution in [0.1, 0.15) is 16.7 Å². The van der Waals surface area contributed by atoms with Gasteiger partial charge in [0.15, 0.2) is 4.34 Å². The number of thiazole rings is 1. The number of fused-ring (bicyclic) bond motifs is 1. The molecule has 0 aliphatic heterocycles. The van der Waals surface area contributed by atoms with E-state index in [1.54, 1.807) is 17.6 Å². The van der Waals surface area contributed by atoms with E-state index in [1.165, 1.54) is 22.9 Å². The average molecular weight is 448 g/mol. The van der Waals surface area contributed by atoms with E-state index >= 15 is 0 Å². The number of benzene rings is 3. The number of para-hydroxylation sites is 1. The van der Waals surface area contributed by atoms with Crippen molar-refractivity contribution in [2.75, 3.05) is 5.75 Å². The molecule has 0 aliphatic carbocycles. The van der Waals surface area contributed by atoms with Gasteiger partial charge in [0.05, 0.1) is 22.2 Å². The van der Waals surface area contributed by atoms with Crippen LogP contribution in [0, 0.1) is 6.92 Å². The molecule has 1 amide bonds. The summed E-state index contributed by atoms with van der Waals surface area (Å²) >= 11 is 3.00. The van der Waals surface area contributed by atoms with Gasteiger partial charge in [-0.2, -0.15) is 5.10 Å². The number of aromatic nitrogens is 1. The van der Waals surface area contributed by atoms with Crippen LogP contribution in [-0.2, 0) is 11.4 Å². The third-order valence-corrected chi connectivity index (χ3v) is 6.72. The van der Waals surface area contributed by atoms with Crippen LogP contribution in [0.5, 0.6) is 5.75 Å². The zero-order valence-corrected chi connectivity index (χ0v) is 18.6. The highest BCUT2D eigenvalue weighted by Crippen LogP contribution is 2.29. The van der Waals surface area contributed by atoms with Crippen molar-refractivity contribution in [2.24, 2.45) is 5.10 Å². The van der Waals surface area contributed by atoms with Crippen molar-refractivity contribution in [1.82, 2.24) is 10.4 Å². The fourth-order valence-electron chi connectivity index (χ4n) is 2.83. The minimum Gasteiger partial charge on any atom is -0.489 e. The van der Waals surface area contributed by atoms with Crippen LogP contribution in [-0.4, -0.2) is 22.9 Å². The molecule has 4 rings (SSSR count). The Bertz CT molecular complexity index is 1170. The number of hydrogen-bond acceptors (Lipinski definition) is 6. The predicted molar refractivity (Wildman–Crippen MR) is 128 cm³/mol. The van der Waals surface area contributed by atoms with E-state index in [4.69, 9.17) is 4.74 Å². The molecule has 0 saturated carbocycles. The normalized spacial score (nSPS) is 11.1. The van der Waals surface area contributed by atoms with E-state index in [0.29, 0.717) is 6.61 Å². The number of aryl methyl sites for hydroxylation is 1. The van der Waals surface area contributed by atoms with Crippen LogP contribution < -0.4 is 10.2 Å². The lowest BCUT2D eigenvalue weighted by Gasteiger charge is -2.08. The molecule has 7 heteroatoms. The molecule has 0 saturated heterocycles. The van der Waals surface area contributed by atoms with E-state index in [0.717, 1.165) is 25.9 Å². The van der Waals surface area contributed by atoms with E-state index in [9.17, 15) is 4.79 Å². The number of hydrogen-bond donors (Lipinski definition) is 1. The first kappa shape index (κ1) is 21.1. The first-order valence-electron chi connectivity index (χ1n) is 9.75. The highest BCUT2D eigenvalue weighted by Gasteiger charge is 2.07. The molecule has 0 spiro atoms. The molecule has 1 heterocycles. The Balaban J connectivity index is 1.22. The Kier molecular flexibility index (Phi) is 6.96. The summed E-state index contributed by atoms with van der Waals surface area (Å²) in [6.07, 6.45) is 1.62. The monoisotopic (exact) mass is 447 g/mol. The number of amides is 1. The van der Waals surface area contributed by atoms with Gasteiger partial charge in [0.1, 0.15) is 12.4 Å². The zero-order chi connectivity index (χ0) is 21.5. The van der Waals surface area contributed by atoms with Crippen LogP contribution in [0.2, 0.25) is 0 Å². The van der Waals surface area contributed by atoms with E-state index in [-0.39, 0.29) is 11.7 Å². The fraction of sp³-hybridized carbons (Fsp3) is 0.125. The van der Waals surface area contributed by atoms with Crippen molar-refractivity contribution in [2.45, 2.75) is 17.9 Å². The molecule has 0 unspecified atom stereocenters. The van der Waals surface area contributed by atoms with Gasteiger partial charge in [-0.25, -0.2) is 10.4 Å². The molecule has 0 bridgehead atoms. The molecule has 1 aromatic heterocycles. The van der Waals surface area contributed by atoms with Crippen LogP contribution in [0.25, 0.3) is 10.2 Å². The maximum Gasteiger partial charge on any atom is 0.250 e. The lowest BCUT2D eigenvalue weighted by Crippen LogP contribution is -2.19. The van der Waals surface area contributed by atoms with E-state index < -0.39 is 0 Å². The number of carbonyl (C=O) groups is 1. The van der Waals surface area contributed by atoms with Crippen molar-refractivity contribution in [3.8, 4) is 5.75 Å². The van der Waals surface area contributed by atoms with Gasteiger partial charge < -0.3 is 4.74 Å². The number of nitrogens with zero attached hydrogens (tertiary/aromatic N) is 2. The van der Waals surface area contributed by atoms with Gasteiger partial charge in [-0.05, 0) is 60.0 Å². The minimum absolute atomic E-state index is 0.168. The maximum atomic E-state index is 12.0. The molecule has 1 N–H and O–H groups in total. The van der Waals surface area contributed by atoms with Crippen molar-refractivity contribution in [3.63, 3.8) is 0 Å².